The molecule has 1 saturated heterocycles. The van der Waals surface area contributed by atoms with Crippen LogP contribution in [0.2, 0.25) is 0 Å². The van der Waals surface area contributed by atoms with E-state index in [1.807, 2.05) is 7.05 Å². The molecule has 0 aromatic carbocycles. The van der Waals surface area contributed by atoms with E-state index in [1.54, 1.807) is 0 Å². The highest BCUT2D eigenvalue weighted by atomic mass is 16.5. The first kappa shape index (κ1) is 12.4. The van der Waals surface area contributed by atoms with Gasteiger partial charge < -0.3 is 15.0 Å². The Bertz CT molecular complexity index is 214. The molecule has 4 nitrogen and oxygen atoms in total. The van der Waals surface area contributed by atoms with Crippen molar-refractivity contribution in [3.05, 3.63) is 0 Å². The first-order valence-electron chi connectivity index (χ1n) is 5.67. The van der Waals surface area contributed by atoms with Gasteiger partial charge in [-0.05, 0) is 26.8 Å². The van der Waals surface area contributed by atoms with E-state index in [4.69, 9.17) is 10.00 Å². The predicted molar refractivity (Wildman–Crippen MR) is 59.5 cm³/mol. The fraction of sp³-hybridized carbons (Fsp3) is 0.909. The first-order valence-corrected chi connectivity index (χ1v) is 5.67. The minimum absolute atomic E-state index is 0.0236. The Morgan fingerprint density at radius 3 is 3.13 bits per heavy atom. The van der Waals surface area contributed by atoms with Crippen LogP contribution in [0.3, 0.4) is 0 Å². The van der Waals surface area contributed by atoms with Gasteiger partial charge >= 0.3 is 0 Å². The van der Waals surface area contributed by atoms with Crippen molar-refractivity contribution < 1.29 is 4.74 Å². The van der Waals surface area contributed by atoms with Gasteiger partial charge in [0.15, 0.2) is 0 Å². The van der Waals surface area contributed by atoms with Crippen molar-refractivity contribution in [2.45, 2.75) is 31.9 Å². The van der Waals surface area contributed by atoms with Crippen molar-refractivity contribution in [2.24, 2.45) is 0 Å². The van der Waals surface area contributed by atoms with Gasteiger partial charge in [0.25, 0.3) is 0 Å². The zero-order valence-corrected chi connectivity index (χ0v) is 9.70. The average molecular weight is 211 g/mol. The minimum Gasteiger partial charge on any atom is -0.377 e. The maximum Gasteiger partial charge on any atom is 0.0962 e. The lowest BCUT2D eigenvalue weighted by molar-refractivity contribution is 0.0674. The Labute approximate surface area is 92.2 Å². The second kappa shape index (κ2) is 6.78. The van der Waals surface area contributed by atoms with Gasteiger partial charge in [-0.2, -0.15) is 5.26 Å². The predicted octanol–water partition coefficient (Wildman–Crippen LogP) is 0.599. The molecule has 0 aliphatic carbocycles. The topological polar surface area (TPSA) is 48.3 Å². The molecule has 1 heterocycles. The summed E-state index contributed by atoms with van der Waals surface area (Å²) >= 11 is 0. The molecule has 0 bridgehead atoms. The number of nitriles is 1. The highest BCUT2D eigenvalue weighted by Crippen LogP contribution is 2.06. The molecule has 2 atom stereocenters. The van der Waals surface area contributed by atoms with Crippen molar-refractivity contribution >= 4 is 0 Å². The van der Waals surface area contributed by atoms with Gasteiger partial charge in [-0.3, -0.25) is 0 Å². The molecule has 0 spiro atoms. The normalized spacial score (nSPS) is 25.5. The molecular weight excluding hydrogens is 190 g/mol. The standard InChI is InChI=1S/C11H21N3O/c1-10-9-14(5-3-7-15-10)6-4-11(8-12)13-2/h10-11,13H,3-7,9H2,1-2H3. The summed E-state index contributed by atoms with van der Waals surface area (Å²) in [7, 11) is 1.84. The quantitative estimate of drug-likeness (QED) is 0.739. The van der Waals surface area contributed by atoms with Crippen LogP contribution in [0, 0.1) is 11.3 Å². The van der Waals surface area contributed by atoms with Gasteiger partial charge in [0.2, 0.25) is 0 Å². The number of ether oxygens (including phenoxy) is 1. The highest BCUT2D eigenvalue weighted by Gasteiger charge is 2.15. The zero-order chi connectivity index (χ0) is 11.1. The molecule has 0 amide bonds. The molecule has 2 unspecified atom stereocenters. The van der Waals surface area contributed by atoms with Crippen LogP contribution in [0.25, 0.3) is 0 Å². The summed E-state index contributed by atoms with van der Waals surface area (Å²) in [5.41, 5.74) is 0. The van der Waals surface area contributed by atoms with Gasteiger partial charge in [-0.25, -0.2) is 0 Å². The molecule has 1 N–H and O–H groups in total. The van der Waals surface area contributed by atoms with Crippen molar-refractivity contribution in [3.8, 4) is 6.07 Å². The van der Waals surface area contributed by atoms with Crippen LogP contribution >= 0.6 is 0 Å². The fourth-order valence-corrected chi connectivity index (χ4v) is 1.87. The lowest BCUT2D eigenvalue weighted by Gasteiger charge is -2.22. The van der Waals surface area contributed by atoms with E-state index < -0.39 is 0 Å². The number of hydrogen-bond acceptors (Lipinski definition) is 4. The molecule has 86 valence electrons. The molecule has 1 fully saturated rings. The van der Waals surface area contributed by atoms with Crippen LogP contribution in [0.4, 0.5) is 0 Å². The zero-order valence-electron chi connectivity index (χ0n) is 9.70. The summed E-state index contributed by atoms with van der Waals surface area (Å²) < 4.78 is 5.57. The lowest BCUT2D eigenvalue weighted by atomic mass is 10.2. The Hall–Kier alpha value is -0.630. The molecule has 1 rings (SSSR count). The lowest BCUT2D eigenvalue weighted by Crippen LogP contribution is -2.35. The summed E-state index contributed by atoms with van der Waals surface area (Å²) in [6.07, 6.45) is 2.31. The third-order valence-corrected chi connectivity index (χ3v) is 2.77. The number of nitrogens with one attached hydrogen (secondary N) is 1. The van der Waals surface area contributed by atoms with Crippen LogP contribution in [0.15, 0.2) is 0 Å². The molecular formula is C11H21N3O. The molecule has 0 aromatic rings. The van der Waals surface area contributed by atoms with E-state index in [2.05, 4.69) is 23.2 Å². The molecule has 0 aromatic heterocycles. The Balaban J connectivity index is 2.27. The maximum atomic E-state index is 8.81. The van der Waals surface area contributed by atoms with Crippen molar-refractivity contribution in [1.29, 1.82) is 5.26 Å². The molecule has 0 radical (unpaired) electrons. The molecule has 0 saturated carbocycles. The highest BCUT2D eigenvalue weighted by molar-refractivity contribution is 4.89. The summed E-state index contributed by atoms with van der Waals surface area (Å²) in [5.74, 6) is 0. The SMILES string of the molecule is CNC(C#N)CCN1CCCOC(C)C1. The van der Waals surface area contributed by atoms with Gasteiger partial charge in [0, 0.05) is 26.2 Å². The second-order valence-corrected chi connectivity index (χ2v) is 4.09. The fourth-order valence-electron chi connectivity index (χ4n) is 1.87. The smallest absolute Gasteiger partial charge is 0.0962 e. The third kappa shape index (κ3) is 4.61. The van der Waals surface area contributed by atoms with Crippen molar-refractivity contribution in [1.82, 2.24) is 10.2 Å². The summed E-state index contributed by atoms with van der Waals surface area (Å²) in [6.45, 7) is 6.03. The number of nitrogens with zero attached hydrogens (tertiary/aromatic N) is 2. The van der Waals surface area contributed by atoms with E-state index in [-0.39, 0.29) is 6.04 Å². The van der Waals surface area contributed by atoms with Crippen LogP contribution in [-0.4, -0.2) is 50.3 Å². The van der Waals surface area contributed by atoms with E-state index in [0.717, 1.165) is 39.1 Å². The number of hydrogen-bond donors (Lipinski definition) is 1. The number of rotatable bonds is 4. The first-order chi connectivity index (χ1) is 7.26. The largest absolute Gasteiger partial charge is 0.377 e. The summed E-state index contributed by atoms with van der Waals surface area (Å²) in [4.78, 5) is 2.39. The van der Waals surface area contributed by atoms with Crippen molar-refractivity contribution in [3.63, 3.8) is 0 Å². The molecule has 1 aliphatic rings. The van der Waals surface area contributed by atoms with E-state index in [1.165, 1.54) is 0 Å². The molecule has 15 heavy (non-hydrogen) atoms. The Morgan fingerprint density at radius 1 is 1.67 bits per heavy atom. The molecule has 1 aliphatic heterocycles. The Kier molecular flexibility index (Phi) is 5.62. The van der Waals surface area contributed by atoms with Gasteiger partial charge in [-0.1, -0.05) is 0 Å². The van der Waals surface area contributed by atoms with Crippen molar-refractivity contribution in [2.75, 3.05) is 33.3 Å². The van der Waals surface area contributed by atoms with Gasteiger partial charge in [-0.15, -0.1) is 0 Å². The van der Waals surface area contributed by atoms with Crippen LogP contribution in [0.5, 0.6) is 0 Å². The maximum absolute atomic E-state index is 8.81. The van der Waals surface area contributed by atoms with Gasteiger partial charge in [0.1, 0.15) is 0 Å². The van der Waals surface area contributed by atoms with E-state index in [0.29, 0.717) is 6.10 Å². The summed E-state index contributed by atoms with van der Waals surface area (Å²) in [5, 5.41) is 11.8. The van der Waals surface area contributed by atoms with Crippen LogP contribution in [0.1, 0.15) is 19.8 Å². The molecule has 4 heteroatoms. The van der Waals surface area contributed by atoms with Crippen LogP contribution in [-0.2, 0) is 4.74 Å². The van der Waals surface area contributed by atoms with Crippen LogP contribution < -0.4 is 5.32 Å². The Morgan fingerprint density at radius 2 is 2.47 bits per heavy atom. The van der Waals surface area contributed by atoms with E-state index >= 15 is 0 Å². The monoisotopic (exact) mass is 211 g/mol. The minimum atomic E-state index is -0.0236. The second-order valence-electron chi connectivity index (χ2n) is 4.09. The van der Waals surface area contributed by atoms with E-state index in [9.17, 15) is 0 Å². The van der Waals surface area contributed by atoms with Gasteiger partial charge in [0.05, 0.1) is 18.2 Å². The summed E-state index contributed by atoms with van der Waals surface area (Å²) in [6, 6.07) is 2.23. The third-order valence-electron chi connectivity index (χ3n) is 2.77. The average Bonchev–Trinajstić information content (AvgIpc) is 2.44.